The van der Waals surface area contributed by atoms with Gasteiger partial charge in [0.1, 0.15) is 0 Å². The van der Waals surface area contributed by atoms with Crippen molar-refractivity contribution in [2.75, 3.05) is 35.8 Å². The van der Waals surface area contributed by atoms with E-state index in [4.69, 9.17) is 11.6 Å². The molecule has 1 unspecified atom stereocenters. The molecule has 0 amide bonds. The largest absolute Gasteiger partial charge is 0.369 e. The van der Waals surface area contributed by atoms with Crippen molar-refractivity contribution in [3.63, 3.8) is 0 Å². The van der Waals surface area contributed by atoms with Gasteiger partial charge in [0.15, 0.2) is 0 Å². The fraction of sp³-hybridized carbons (Fsp3) is 0.296. The lowest BCUT2D eigenvalue weighted by Gasteiger charge is -2.34. The lowest BCUT2D eigenvalue weighted by molar-refractivity contribution is 0.441. The topological polar surface area (TPSA) is 99.7 Å². The van der Waals surface area contributed by atoms with Crippen molar-refractivity contribution < 1.29 is 16.8 Å². The summed E-state index contributed by atoms with van der Waals surface area (Å²) in [5, 5.41) is -0.341. The van der Waals surface area contributed by atoms with Crippen LogP contribution in [0.1, 0.15) is 25.0 Å². The zero-order valence-corrected chi connectivity index (χ0v) is 23.1. The Bertz CT molecular complexity index is 1530. The van der Waals surface area contributed by atoms with E-state index >= 15 is 0 Å². The van der Waals surface area contributed by atoms with Crippen LogP contribution in [0.2, 0.25) is 5.02 Å². The van der Waals surface area contributed by atoms with Crippen LogP contribution in [0.4, 0.5) is 11.4 Å². The smallest absolute Gasteiger partial charge is 0.243 e. The number of para-hydroxylation sites is 1. The average molecular weight is 573 g/mol. The van der Waals surface area contributed by atoms with Gasteiger partial charge < -0.3 is 4.90 Å². The number of hydrogen-bond donors (Lipinski definition) is 1. The number of rotatable bonds is 7. The number of aromatic nitrogens is 1. The van der Waals surface area contributed by atoms with Crippen molar-refractivity contribution in [2.45, 2.75) is 29.4 Å². The summed E-state index contributed by atoms with van der Waals surface area (Å²) in [6.07, 6.45) is 5.41. The van der Waals surface area contributed by atoms with Gasteiger partial charge in [0, 0.05) is 38.1 Å². The number of nitrogens with zero attached hydrogens (tertiary/aromatic N) is 3. The van der Waals surface area contributed by atoms with E-state index in [-0.39, 0.29) is 23.0 Å². The molecule has 38 heavy (non-hydrogen) atoms. The number of pyridine rings is 1. The zero-order valence-electron chi connectivity index (χ0n) is 20.7. The summed E-state index contributed by atoms with van der Waals surface area (Å²) in [6, 6.07) is 19.2. The van der Waals surface area contributed by atoms with E-state index in [1.54, 1.807) is 42.6 Å². The highest BCUT2D eigenvalue weighted by Crippen LogP contribution is 2.33. The third-order valence-corrected chi connectivity index (χ3v) is 10.9. The van der Waals surface area contributed by atoms with Crippen molar-refractivity contribution >= 4 is 48.6 Å². The molecule has 2 aromatic carbocycles. The third-order valence-electron chi connectivity index (χ3n) is 6.91. The van der Waals surface area contributed by atoms with Crippen LogP contribution in [-0.2, 0) is 20.0 Å². The maximum absolute atomic E-state index is 13.3. The maximum atomic E-state index is 13.3. The minimum Gasteiger partial charge on any atom is -0.369 e. The second kappa shape index (κ2) is 11.1. The van der Waals surface area contributed by atoms with Crippen molar-refractivity contribution in [1.82, 2.24) is 9.29 Å². The Hall–Kier alpha value is -2.92. The van der Waals surface area contributed by atoms with Crippen molar-refractivity contribution in [2.24, 2.45) is 0 Å². The summed E-state index contributed by atoms with van der Waals surface area (Å²) in [7, 11) is -7.35. The molecule has 1 aromatic heterocycles. The van der Waals surface area contributed by atoms with Gasteiger partial charge in [-0.3, -0.25) is 9.71 Å². The number of sulfonamides is 2. The number of benzene rings is 2. The highest BCUT2D eigenvalue weighted by atomic mass is 35.5. The van der Waals surface area contributed by atoms with Crippen molar-refractivity contribution in [3.8, 4) is 0 Å². The predicted octanol–water partition coefficient (Wildman–Crippen LogP) is 4.62. The van der Waals surface area contributed by atoms with Gasteiger partial charge in [0.05, 0.1) is 26.5 Å². The van der Waals surface area contributed by atoms with Crippen LogP contribution >= 0.6 is 11.6 Å². The third kappa shape index (κ3) is 5.73. The lowest BCUT2D eigenvalue weighted by Crippen LogP contribution is -2.44. The molecule has 3 heterocycles. The SMILES string of the molecule is O=S(=O)(Nc1ccccc1)C1CCCN(c2ccc(S(=O)(=O)N3CC=C(c4ccccn4)CC3)cc2Cl)C1. The fourth-order valence-corrected chi connectivity index (χ4v) is 8.13. The summed E-state index contributed by atoms with van der Waals surface area (Å²) >= 11 is 6.59. The van der Waals surface area contributed by atoms with Gasteiger partial charge in [-0.05, 0) is 67.3 Å². The highest BCUT2D eigenvalue weighted by molar-refractivity contribution is 7.93. The normalized spacial score (nSPS) is 19.1. The molecule has 1 saturated heterocycles. The molecule has 0 aliphatic carbocycles. The number of halogens is 1. The molecule has 8 nitrogen and oxygen atoms in total. The first kappa shape index (κ1) is 26.7. The minimum absolute atomic E-state index is 0.118. The van der Waals surface area contributed by atoms with Crippen LogP contribution in [0.25, 0.3) is 5.57 Å². The Labute approximate surface area is 229 Å². The quantitative estimate of drug-likeness (QED) is 0.443. The summed E-state index contributed by atoms with van der Waals surface area (Å²) in [6.45, 7) is 1.51. The standard InChI is InChI=1S/C27H29ClN4O4S2/c28-25-19-23(38(35,36)32-17-13-21(14-18-32)26-10-4-5-15-29-26)11-12-27(25)31-16-6-9-24(20-31)37(33,34)30-22-7-2-1-3-8-22/h1-5,7-8,10-13,15,19,24,30H,6,9,14,16-18,20H2. The monoisotopic (exact) mass is 572 g/mol. The molecular weight excluding hydrogens is 544 g/mol. The van der Waals surface area contributed by atoms with Gasteiger partial charge in [0.25, 0.3) is 0 Å². The van der Waals surface area contributed by atoms with Crippen LogP contribution < -0.4 is 9.62 Å². The van der Waals surface area contributed by atoms with Crippen LogP contribution in [0.3, 0.4) is 0 Å². The van der Waals surface area contributed by atoms with Crippen LogP contribution in [0.15, 0.2) is 83.9 Å². The second-order valence-corrected chi connectivity index (χ2v) is 13.7. The molecule has 1 N–H and O–H groups in total. The van der Waals surface area contributed by atoms with E-state index in [1.807, 2.05) is 35.2 Å². The highest BCUT2D eigenvalue weighted by Gasteiger charge is 2.32. The van der Waals surface area contributed by atoms with Gasteiger partial charge in [-0.15, -0.1) is 0 Å². The van der Waals surface area contributed by atoms with Gasteiger partial charge in [-0.25, -0.2) is 16.8 Å². The molecule has 0 saturated carbocycles. The van der Waals surface area contributed by atoms with Gasteiger partial charge in [-0.1, -0.05) is 41.9 Å². The molecule has 1 atom stereocenters. The average Bonchev–Trinajstić information content (AvgIpc) is 2.94. The zero-order chi connectivity index (χ0) is 26.8. The van der Waals surface area contributed by atoms with E-state index in [0.717, 1.165) is 11.3 Å². The molecule has 0 radical (unpaired) electrons. The Balaban J connectivity index is 1.29. The van der Waals surface area contributed by atoms with Crippen LogP contribution in [0.5, 0.6) is 0 Å². The molecule has 1 fully saturated rings. The first-order chi connectivity index (χ1) is 18.2. The maximum Gasteiger partial charge on any atom is 0.243 e. The summed E-state index contributed by atoms with van der Waals surface area (Å²) in [4.78, 5) is 6.39. The first-order valence-electron chi connectivity index (χ1n) is 12.5. The molecule has 0 bridgehead atoms. The number of anilines is 2. The summed E-state index contributed by atoms with van der Waals surface area (Å²) in [5.74, 6) is 0. The number of hydrogen-bond acceptors (Lipinski definition) is 6. The van der Waals surface area contributed by atoms with Crippen molar-refractivity contribution in [3.05, 3.63) is 89.7 Å². The molecule has 0 spiro atoms. The first-order valence-corrected chi connectivity index (χ1v) is 15.8. The Morgan fingerprint density at radius 2 is 1.74 bits per heavy atom. The second-order valence-electron chi connectivity index (χ2n) is 9.39. The summed E-state index contributed by atoms with van der Waals surface area (Å²) in [5.41, 5.74) is 3.04. The Morgan fingerprint density at radius 3 is 2.42 bits per heavy atom. The summed E-state index contributed by atoms with van der Waals surface area (Å²) < 4.78 is 56.9. The lowest BCUT2D eigenvalue weighted by atomic mass is 10.1. The van der Waals surface area contributed by atoms with E-state index in [1.165, 1.54) is 10.4 Å². The molecule has 5 rings (SSSR count). The van der Waals surface area contributed by atoms with E-state index in [0.29, 0.717) is 43.7 Å². The van der Waals surface area contributed by atoms with Crippen LogP contribution in [-0.4, -0.2) is 57.6 Å². The minimum atomic E-state index is -3.75. The Morgan fingerprint density at radius 1 is 0.947 bits per heavy atom. The van der Waals surface area contributed by atoms with Gasteiger partial charge in [0.2, 0.25) is 20.0 Å². The molecular formula is C27H29ClN4O4S2. The fourth-order valence-electron chi connectivity index (χ4n) is 4.87. The number of nitrogens with one attached hydrogen (secondary N) is 1. The van der Waals surface area contributed by atoms with E-state index in [9.17, 15) is 16.8 Å². The van der Waals surface area contributed by atoms with Gasteiger partial charge in [-0.2, -0.15) is 4.31 Å². The molecule has 3 aromatic rings. The number of piperidine rings is 1. The predicted molar refractivity (Wildman–Crippen MR) is 151 cm³/mol. The van der Waals surface area contributed by atoms with E-state index < -0.39 is 25.3 Å². The van der Waals surface area contributed by atoms with Crippen LogP contribution in [0, 0.1) is 0 Å². The van der Waals surface area contributed by atoms with Gasteiger partial charge >= 0.3 is 0 Å². The molecule has 2 aliphatic heterocycles. The van der Waals surface area contributed by atoms with Crippen molar-refractivity contribution in [1.29, 1.82) is 0 Å². The molecule has 200 valence electrons. The molecule has 2 aliphatic rings. The van der Waals surface area contributed by atoms with E-state index in [2.05, 4.69) is 9.71 Å². The Kier molecular flexibility index (Phi) is 7.76. The molecule has 11 heteroatoms.